The van der Waals surface area contributed by atoms with Crippen LogP contribution in [0.1, 0.15) is 28.4 Å². The van der Waals surface area contributed by atoms with Crippen molar-refractivity contribution in [3.05, 3.63) is 77.4 Å². The molecule has 3 aromatic rings. The number of benzene rings is 3. The van der Waals surface area contributed by atoms with Crippen LogP contribution in [0, 0.1) is 6.92 Å². The maximum atomic E-state index is 13.3. The number of nitrogens with one attached hydrogen (secondary N) is 1. The van der Waals surface area contributed by atoms with Gasteiger partial charge in [-0.05, 0) is 68.3 Å². The average Bonchev–Trinajstić information content (AvgIpc) is 3.15. The van der Waals surface area contributed by atoms with Crippen molar-refractivity contribution in [2.24, 2.45) is 0 Å². The number of nitrogens with zero attached hydrogens (tertiary/aromatic N) is 1. The summed E-state index contributed by atoms with van der Waals surface area (Å²) in [6.45, 7) is 3.78. The Bertz CT molecular complexity index is 1300. The number of carbonyl (C=O) groups is 1. The molecule has 0 spiro atoms. The van der Waals surface area contributed by atoms with Crippen LogP contribution in [0.2, 0.25) is 0 Å². The lowest BCUT2D eigenvalue weighted by Gasteiger charge is -2.24. The number of carbonyl (C=O) groups excluding carboxylic acids is 1. The molecule has 0 fully saturated rings. The van der Waals surface area contributed by atoms with Gasteiger partial charge >= 0.3 is 0 Å². The lowest BCUT2D eigenvalue weighted by atomic mass is 10.1. The first kappa shape index (κ1) is 22.7. The number of hydrogen-bond acceptors (Lipinski definition) is 5. The van der Waals surface area contributed by atoms with E-state index >= 15 is 0 Å². The van der Waals surface area contributed by atoms with Crippen LogP contribution in [-0.2, 0) is 16.4 Å². The SMILES string of the molecule is COc1ccc(NC(=O)c2ccc3c(c2)C[C@@H](C)N3S(=O)(=O)c2ccc(C)cc2)c(OC)c1. The molecular weight excluding hydrogens is 440 g/mol. The van der Waals surface area contributed by atoms with Crippen LogP contribution in [0.4, 0.5) is 11.4 Å². The molecule has 1 heterocycles. The molecule has 1 aliphatic heterocycles. The fraction of sp³-hybridized carbons (Fsp3) is 0.240. The van der Waals surface area contributed by atoms with Crippen LogP contribution < -0.4 is 19.1 Å². The number of rotatable bonds is 6. The van der Waals surface area contributed by atoms with Crippen molar-refractivity contribution >= 4 is 27.3 Å². The van der Waals surface area contributed by atoms with Gasteiger partial charge in [-0.15, -0.1) is 0 Å². The van der Waals surface area contributed by atoms with Crippen molar-refractivity contribution in [3.63, 3.8) is 0 Å². The Morgan fingerprint density at radius 3 is 2.39 bits per heavy atom. The van der Waals surface area contributed by atoms with Crippen LogP contribution >= 0.6 is 0 Å². The Morgan fingerprint density at radius 1 is 1.00 bits per heavy atom. The Balaban J connectivity index is 1.61. The summed E-state index contributed by atoms with van der Waals surface area (Å²) in [7, 11) is -0.636. The van der Waals surface area contributed by atoms with E-state index in [-0.39, 0.29) is 16.8 Å². The lowest BCUT2D eigenvalue weighted by Crippen LogP contribution is -2.35. The Kier molecular flexibility index (Phi) is 6.03. The predicted octanol–water partition coefficient (Wildman–Crippen LogP) is 4.40. The lowest BCUT2D eigenvalue weighted by molar-refractivity contribution is 0.102. The maximum absolute atomic E-state index is 13.3. The van der Waals surface area contributed by atoms with E-state index < -0.39 is 10.0 Å². The molecular formula is C25H26N2O5S. The van der Waals surface area contributed by atoms with Gasteiger partial charge in [0.1, 0.15) is 11.5 Å². The summed E-state index contributed by atoms with van der Waals surface area (Å²) in [5.74, 6) is 0.785. The van der Waals surface area contributed by atoms with Gasteiger partial charge in [-0.1, -0.05) is 17.7 Å². The van der Waals surface area contributed by atoms with Gasteiger partial charge in [0.15, 0.2) is 0 Å². The molecule has 3 aromatic carbocycles. The van der Waals surface area contributed by atoms with Gasteiger partial charge in [0.2, 0.25) is 0 Å². The van der Waals surface area contributed by atoms with Gasteiger partial charge < -0.3 is 14.8 Å². The largest absolute Gasteiger partial charge is 0.497 e. The van der Waals surface area contributed by atoms with Crippen molar-refractivity contribution in [1.29, 1.82) is 0 Å². The Morgan fingerprint density at radius 2 is 1.73 bits per heavy atom. The molecule has 0 saturated heterocycles. The quantitative estimate of drug-likeness (QED) is 0.582. The summed E-state index contributed by atoms with van der Waals surface area (Å²) >= 11 is 0. The van der Waals surface area contributed by atoms with E-state index in [0.717, 1.165) is 11.1 Å². The molecule has 0 unspecified atom stereocenters. The number of aryl methyl sites for hydroxylation is 1. The molecule has 0 aromatic heterocycles. The van der Waals surface area contributed by atoms with Crippen molar-refractivity contribution in [3.8, 4) is 11.5 Å². The van der Waals surface area contributed by atoms with Gasteiger partial charge in [0.25, 0.3) is 15.9 Å². The van der Waals surface area contributed by atoms with Gasteiger partial charge in [-0.25, -0.2) is 8.42 Å². The highest BCUT2D eigenvalue weighted by atomic mass is 32.2. The molecule has 0 saturated carbocycles. The molecule has 7 nitrogen and oxygen atoms in total. The first-order valence-corrected chi connectivity index (χ1v) is 12.0. The van der Waals surface area contributed by atoms with Crippen LogP contribution in [0.3, 0.4) is 0 Å². The summed E-state index contributed by atoms with van der Waals surface area (Å²) < 4.78 is 38.6. The predicted molar refractivity (Wildman–Crippen MR) is 128 cm³/mol. The summed E-state index contributed by atoms with van der Waals surface area (Å²) in [5, 5.41) is 2.85. The number of amides is 1. The highest BCUT2D eigenvalue weighted by Gasteiger charge is 2.36. The zero-order valence-corrected chi connectivity index (χ0v) is 19.8. The average molecular weight is 467 g/mol. The van der Waals surface area contributed by atoms with Gasteiger partial charge in [0.05, 0.1) is 30.5 Å². The standard InChI is InChI=1S/C25H26N2O5S/c1-16-5-9-21(10-6-16)33(29,30)27-17(2)13-19-14-18(7-12-23(19)27)25(28)26-22-11-8-20(31-3)15-24(22)32-4/h5-12,14-15,17H,13H2,1-4H3,(H,26,28)/t17-/m1/s1. The molecule has 33 heavy (non-hydrogen) atoms. The maximum Gasteiger partial charge on any atom is 0.264 e. The van der Waals surface area contributed by atoms with Crippen LogP contribution in [0.25, 0.3) is 0 Å². The normalized spacial score (nSPS) is 15.2. The second-order valence-electron chi connectivity index (χ2n) is 8.03. The number of hydrogen-bond donors (Lipinski definition) is 1. The number of fused-ring (bicyclic) bond motifs is 1. The zero-order chi connectivity index (χ0) is 23.8. The molecule has 1 atom stereocenters. The second kappa shape index (κ2) is 8.78. The first-order valence-electron chi connectivity index (χ1n) is 10.5. The molecule has 172 valence electrons. The van der Waals surface area contributed by atoms with Crippen molar-refractivity contribution in [2.45, 2.75) is 31.2 Å². The minimum absolute atomic E-state index is 0.251. The summed E-state index contributed by atoms with van der Waals surface area (Å²) in [4.78, 5) is 13.2. The number of methoxy groups -OCH3 is 2. The van der Waals surface area contributed by atoms with E-state index in [0.29, 0.717) is 34.9 Å². The van der Waals surface area contributed by atoms with Crippen LogP contribution in [0.5, 0.6) is 11.5 Å². The first-order chi connectivity index (χ1) is 15.7. The fourth-order valence-electron chi connectivity index (χ4n) is 4.03. The molecule has 0 bridgehead atoms. The van der Waals surface area contributed by atoms with Crippen LogP contribution in [-0.4, -0.2) is 34.6 Å². The Hall–Kier alpha value is -3.52. The van der Waals surface area contributed by atoms with E-state index in [4.69, 9.17) is 9.47 Å². The van der Waals surface area contributed by atoms with Crippen molar-refractivity contribution < 1.29 is 22.7 Å². The summed E-state index contributed by atoms with van der Waals surface area (Å²) in [5.41, 5.74) is 3.36. The summed E-state index contributed by atoms with van der Waals surface area (Å²) in [6.07, 6.45) is 0.521. The van der Waals surface area contributed by atoms with E-state index in [1.54, 1.807) is 67.8 Å². The molecule has 0 radical (unpaired) electrons. The molecule has 1 aliphatic rings. The fourth-order valence-corrected chi connectivity index (χ4v) is 5.72. The minimum Gasteiger partial charge on any atom is -0.497 e. The topological polar surface area (TPSA) is 84.9 Å². The number of sulfonamides is 1. The third-order valence-electron chi connectivity index (χ3n) is 5.73. The van der Waals surface area contributed by atoms with Crippen molar-refractivity contribution in [2.75, 3.05) is 23.8 Å². The molecule has 1 N–H and O–H groups in total. The minimum atomic E-state index is -3.71. The monoisotopic (exact) mass is 466 g/mol. The van der Waals surface area contributed by atoms with Gasteiger partial charge in [-0.3, -0.25) is 9.10 Å². The van der Waals surface area contributed by atoms with E-state index in [1.165, 1.54) is 11.4 Å². The van der Waals surface area contributed by atoms with Gasteiger partial charge in [0, 0.05) is 17.7 Å². The highest BCUT2D eigenvalue weighted by molar-refractivity contribution is 7.92. The summed E-state index contributed by atoms with van der Waals surface area (Å²) in [6, 6.07) is 16.8. The molecule has 8 heteroatoms. The smallest absolute Gasteiger partial charge is 0.264 e. The van der Waals surface area contributed by atoms with E-state index in [9.17, 15) is 13.2 Å². The molecule has 4 rings (SSSR count). The third-order valence-corrected chi connectivity index (χ3v) is 7.67. The van der Waals surface area contributed by atoms with Crippen molar-refractivity contribution in [1.82, 2.24) is 0 Å². The van der Waals surface area contributed by atoms with E-state index in [2.05, 4.69) is 5.32 Å². The van der Waals surface area contributed by atoms with Gasteiger partial charge in [-0.2, -0.15) is 0 Å². The number of anilines is 2. The number of ether oxygens (including phenoxy) is 2. The Labute approximate surface area is 194 Å². The molecule has 1 amide bonds. The second-order valence-corrected chi connectivity index (χ2v) is 9.85. The highest BCUT2D eigenvalue weighted by Crippen LogP contribution is 2.37. The van der Waals surface area contributed by atoms with Crippen LogP contribution in [0.15, 0.2) is 65.6 Å². The van der Waals surface area contributed by atoms with E-state index in [1.807, 2.05) is 13.8 Å². The molecule has 0 aliphatic carbocycles. The third kappa shape index (κ3) is 4.26. The zero-order valence-electron chi connectivity index (χ0n) is 19.0.